The molecule has 21 heavy (non-hydrogen) atoms. The summed E-state index contributed by atoms with van der Waals surface area (Å²) in [6.07, 6.45) is 3.79. The number of hydrogen-bond donors (Lipinski definition) is 0. The average Bonchev–Trinajstić information content (AvgIpc) is 2.68. The molecule has 0 N–H and O–H groups in total. The summed E-state index contributed by atoms with van der Waals surface area (Å²) in [7, 11) is 0. The Labute approximate surface area is 129 Å². The molecule has 1 saturated heterocycles. The van der Waals surface area contributed by atoms with E-state index in [9.17, 15) is 4.79 Å². The van der Waals surface area contributed by atoms with E-state index in [0.717, 1.165) is 12.1 Å². The fraction of sp³-hybridized carbons (Fsp3) is 0.500. The molecule has 0 aromatic carbocycles. The SMILES string of the molecule is CC(C)(C)OC(=O)N1CC2C=C(c3ccc(Cl)nc3)C2C1. The quantitative estimate of drug-likeness (QED) is 0.744. The summed E-state index contributed by atoms with van der Waals surface area (Å²) in [5.41, 5.74) is 1.90. The number of amides is 1. The lowest BCUT2D eigenvalue weighted by molar-refractivity contribution is 0.0289. The Kier molecular flexibility index (Phi) is 3.44. The molecule has 2 atom stereocenters. The van der Waals surface area contributed by atoms with Gasteiger partial charge in [-0.2, -0.15) is 0 Å². The molecule has 0 spiro atoms. The topological polar surface area (TPSA) is 42.4 Å². The molecule has 5 heteroatoms. The van der Waals surface area contributed by atoms with Crippen LogP contribution in [-0.2, 0) is 4.74 Å². The van der Waals surface area contributed by atoms with E-state index >= 15 is 0 Å². The monoisotopic (exact) mass is 306 g/mol. The number of likely N-dealkylation sites (tertiary alicyclic amines) is 1. The fourth-order valence-electron chi connectivity index (χ4n) is 2.90. The van der Waals surface area contributed by atoms with Crippen LogP contribution in [0.2, 0.25) is 5.15 Å². The molecule has 0 saturated carbocycles. The highest BCUT2D eigenvalue weighted by Gasteiger charge is 2.43. The number of hydrogen-bond acceptors (Lipinski definition) is 3. The Hall–Kier alpha value is -1.55. The third-order valence-corrected chi connectivity index (χ3v) is 4.09. The van der Waals surface area contributed by atoms with Crippen molar-refractivity contribution < 1.29 is 9.53 Å². The summed E-state index contributed by atoms with van der Waals surface area (Å²) in [5.74, 6) is 0.823. The highest BCUT2D eigenvalue weighted by Crippen LogP contribution is 2.45. The summed E-state index contributed by atoms with van der Waals surface area (Å²) in [6.45, 7) is 7.12. The minimum Gasteiger partial charge on any atom is -0.444 e. The molecule has 1 aromatic rings. The Morgan fingerprint density at radius 3 is 2.76 bits per heavy atom. The Morgan fingerprint density at radius 2 is 2.14 bits per heavy atom. The molecule has 0 bridgehead atoms. The van der Waals surface area contributed by atoms with E-state index in [4.69, 9.17) is 16.3 Å². The van der Waals surface area contributed by atoms with Crippen LogP contribution >= 0.6 is 11.6 Å². The van der Waals surface area contributed by atoms with Gasteiger partial charge in [-0.15, -0.1) is 0 Å². The molecule has 2 aliphatic rings. The van der Waals surface area contributed by atoms with Crippen molar-refractivity contribution in [2.24, 2.45) is 11.8 Å². The van der Waals surface area contributed by atoms with Crippen molar-refractivity contribution in [3.8, 4) is 0 Å². The molecule has 2 unspecified atom stereocenters. The molecule has 1 aliphatic heterocycles. The van der Waals surface area contributed by atoms with Gasteiger partial charge in [-0.1, -0.05) is 23.7 Å². The second-order valence-electron chi connectivity index (χ2n) is 6.65. The zero-order chi connectivity index (χ0) is 15.2. The number of aromatic nitrogens is 1. The first-order valence-electron chi connectivity index (χ1n) is 7.15. The normalized spacial score (nSPS) is 24.2. The third kappa shape index (κ3) is 2.91. The molecule has 2 heterocycles. The molecule has 1 aromatic heterocycles. The first-order valence-corrected chi connectivity index (χ1v) is 7.53. The fourth-order valence-corrected chi connectivity index (χ4v) is 3.01. The Balaban J connectivity index is 1.66. The number of nitrogens with zero attached hydrogens (tertiary/aromatic N) is 2. The summed E-state index contributed by atoms with van der Waals surface area (Å²) >= 11 is 5.82. The van der Waals surface area contributed by atoms with Gasteiger partial charge in [0.25, 0.3) is 0 Å². The maximum Gasteiger partial charge on any atom is 0.410 e. The van der Waals surface area contributed by atoms with E-state index in [-0.39, 0.29) is 6.09 Å². The van der Waals surface area contributed by atoms with Crippen molar-refractivity contribution >= 4 is 23.3 Å². The summed E-state index contributed by atoms with van der Waals surface area (Å²) in [5, 5.41) is 0.497. The molecule has 3 rings (SSSR count). The van der Waals surface area contributed by atoms with E-state index < -0.39 is 5.60 Å². The lowest BCUT2D eigenvalue weighted by Crippen LogP contribution is -2.35. The number of fused-ring (bicyclic) bond motifs is 1. The van der Waals surface area contributed by atoms with Crippen molar-refractivity contribution in [1.82, 2.24) is 9.88 Å². The predicted molar refractivity (Wildman–Crippen MR) is 82.0 cm³/mol. The van der Waals surface area contributed by atoms with E-state index in [0.29, 0.717) is 23.5 Å². The van der Waals surface area contributed by atoms with Crippen LogP contribution in [0.1, 0.15) is 26.3 Å². The van der Waals surface area contributed by atoms with E-state index in [1.54, 1.807) is 17.2 Å². The maximum absolute atomic E-state index is 12.1. The Bertz CT molecular complexity index is 589. The van der Waals surface area contributed by atoms with E-state index in [2.05, 4.69) is 11.1 Å². The van der Waals surface area contributed by atoms with Crippen molar-refractivity contribution in [2.75, 3.05) is 13.1 Å². The van der Waals surface area contributed by atoms with Gasteiger partial charge in [0.1, 0.15) is 10.8 Å². The third-order valence-electron chi connectivity index (χ3n) is 3.87. The average molecular weight is 307 g/mol. The van der Waals surface area contributed by atoms with Crippen LogP contribution < -0.4 is 0 Å². The lowest BCUT2D eigenvalue weighted by Gasteiger charge is -2.29. The number of carbonyl (C=O) groups excluding carboxylic acids is 1. The Morgan fingerprint density at radius 1 is 1.38 bits per heavy atom. The van der Waals surface area contributed by atoms with Crippen molar-refractivity contribution in [1.29, 1.82) is 0 Å². The molecule has 112 valence electrons. The van der Waals surface area contributed by atoms with Crippen molar-refractivity contribution in [2.45, 2.75) is 26.4 Å². The van der Waals surface area contributed by atoms with Crippen LogP contribution in [-0.4, -0.2) is 34.7 Å². The van der Waals surface area contributed by atoms with Gasteiger partial charge >= 0.3 is 6.09 Å². The highest BCUT2D eigenvalue weighted by molar-refractivity contribution is 6.29. The van der Waals surface area contributed by atoms with Gasteiger partial charge in [0, 0.05) is 31.1 Å². The van der Waals surface area contributed by atoms with Gasteiger partial charge in [0.15, 0.2) is 0 Å². The van der Waals surface area contributed by atoms with Crippen LogP contribution in [0, 0.1) is 11.8 Å². The first kappa shape index (κ1) is 14.4. The predicted octanol–water partition coefficient (Wildman–Crippen LogP) is 3.62. The molecular weight excluding hydrogens is 288 g/mol. The molecule has 4 nitrogen and oxygen atoms in total. The lowest BCUT2D eigenvalue weighted by atomic mass is 9.74. The summed E-state index contributed by atoms with van der Waals surface area (Å²) < 4.78 is 5.44. The van der Waals surface area contributed by atoms with Gasteiger partial charge in [-0.05, 0) is 38.0 Å². The zero-order valence-corrected chi connectivity index (χ0v) is 13.2. The molecule has 1 amide bonds. The van der Waals surface area contributed by atoms with Crippen LogP contribution in [0.5, 0.6) is 0 Å². The van der Waals surface area contributed by atoms with Crippen LogP contribution in [0.25, 0.3) is 5.57 Å². The number of pyridine rings is 1. The minimum atomic E-state index is -0.449. The second kappa shape index (κ2) is 5.02. The summed E-state index contributed by atoms with van der Waals surface area (Å²) in [4.78, 5) is 18.0. The highest BCUT2D eigenvalue weighted by atomic mass is 35.5. The van der Waals surface area contributed by atoms with Gasteiger partial charge in [-0.25, -0.2) is 9.78 Å². The van der Waals surface area contributed by atoms with Gasteiger partial charge < -0.3 is 9.64 Å². The minimum absolute atomic E-state index is 0.223. The van der Waals surface area contributed by atoms with E-state index in [1.807, 2.05) is 26.8 Å². The smallest absolute Gasteiger partial charge is 0.410 e. The largest absolute Gasteiger partial charge is 0.444 e. The van der Waals surface area contributed by atoms with E-state index in [1.165, 1.54) is 5.57 Å². The number of rotatable bonds is 1. The summed E-state index contributed by atoms with van der Waals surface area (Å²) in [6, 6.07) is 3.78. The number of halogens is 1. The number of carbonyl (C=O) groups is 1. The second-order valence-corrected chi connectivity index (χ2v) is 7.03. The van der Waals surface area contributed by atoms with Gasteiger partial charge in [0.05, 0.1) is 0 Å². The van der Waals surface area contributed by atoms with Gasteiger partial charge in [-0.3, -0.25) is 0 Å². The molecule has 0 radical (unpaired) electrons. The van der Waals surface area contributed by atoms with Crippen LogP contribution in [0.3, 0.4) is 0 Å². The zero-order valence-electron chi connectivity index (χ0n) is 12.5. The van der Waals surface area contributed by atoms with Crippen molar-refractivity contribution in [3.63, 3.8) is 0 Å². The molecule has 1 fully saturated rings. The molecular formula is C16H19ClN2O2. The molecule has 1 aliphatic carbocycles. The number of ether oxygens (including phenoxy) is 1. The standard InChI is InChI=1S/C16H19ClN2O2/c1-16(2,3)21-15(20)19-8-11-6-12(13(11)9-19)10-4-5-14(17)18-7-10/h4-7,11,13H,8-9H2,1-3H3. The maximum atomic E-state index is 12.1. The van der Waals surface area contributed by atoms with Crippen LogP contribution in [0.15, 0.2) is 24.4 Å². The van der Waals surface area contributed by atoms with Crippen molar-refractivity contribution in [3.05, 3.63) is 35.1 Å². The van der Waals surface area contributed by atoms with Crippen LogP contribution in [0.4, 0.5) is 4.79 Å². The first-order chi connectivity index (χ1) is 9.83. The van der Waals surface area contributed by atoms with Gasteiger partial charge in [0.2, 0.25) is 0 Å².